The van der Waals surface area contributed by atoms with E-state index in [1.165, 1.54) is 34.4 Å². The molecule has 0 aromatic heterocycles. The molecule has 4 nitrogen and oxygen atoms in total. The summed E-state index contributed by atoms with van der Waals surface area (Å²) in [5, 5.41) is 15.7. The van der Waals surface area contributed by atoms with E-state index < -0.39 is 5.97 Å². The van der Waals surface area contributed by atoms with Gasteiger partial charge in [0, 0.05) is 24.5 Å². The molecular weight excluding hydrogens is 391 g/mol. The predicted octanol–water partition coefficient (Wildman–Crippen LogP) is 4.64. The van der Waals surface area contributed by atoms with Crippen molar-refractivity contribution < 1.29 is 14.3 Å². The van der Waals surface area contributed by atoms with Crippen LogP contribution in [0.4, 0.5) is 4.39 Å². The van der Waals surface area contributed by atoms with Crippen molar-refractivity contribution in [3.05, 3.63) is 94.8 Å². The second-order valence-corrected chi connectivity index (χ2v) is 8.52. The molecule has 1 aliphatic rings. The fourth-order valence-corrected chi connectivity index (χ4v) is 4.36. The van der Waals surface area contributed by atoms with Gasteiger partial charge in [-0.05, 0) is 59.4 Å². The van der Waals surface area contributed by atoms with Crippen LogP contribution in [0.1, 0.15) is 42.0 Å². The molecule has 31 heavy (non-hydrogen) atoms. The van der Waals surface area contributed by atoms with Crippen LogP contribution in [0.5, 0.6) is 0 Å². The fraction of sp³-hybridized carbons (Fsp3) is 0.269. The molecule has 3 N–H and O–H groups in total. The van der Waals surface area contributed by atoms with Crippen LogP contribution in [0, 0.1) is 5.82 Å². The van der Waals surface area contributed by atoms with Crippen LogP contribution >= 0.6 is 0 Å². The largest absolute Gasteiger partial charge is 0.480 e. The van der Waals surface area contributed by atoms with Crippen LogP contribution in [-0.2, 0) is 16.9 Å². The van der Waals surface area contributed by atoms with Crippen molar-refractivity contribution in [1.29, 1.82) is 0 Å². The lowest BCUT2D eigenvalue weighted by molar-refractivity contribution is -0.135. The highest BCUT2D eigenvalue weighted by atomic mass is 19.1. The summed E-state index contributed by atoms with van der Waals surface area (Å²) in [5.74, 6) is -0.906. The molecule has 0 amide bonds. The van der Waals surface area contributed by atoms with Crippen molar-refractivity contribution in [2.75, 3.05) is 13.1 Å². The molecule has 0 aliphatic heterocycles. The molecular formula is C26H27FN2O2. The van der Waals surface area contributed by atoms with Gasteiger partial charge < -0.3 is 15.7 Å². The highest BCUT2D eigenvalue weighted by Crippen LogP contribution is 2.47. The molecule has 1 atom stereocenters. The number of nitrogens with one attached hydrogen (secondary N) is 2. The van der Waals surface area contributed by atoms with E-state index in [9.17, 15) is 9.18 Å². The van der Waals surface area contributed by atoms with Crippen LogP contribution in [0.15, 0.2) is 66.7 Å². The molecule has 0 saturated carbocycles. The fourth-order valence-electron chi connectivity index (χ4n) is 4.36. The number of hydrogen-bond donors (Lipinski definition) is 3. The van der Waals surface area contributed by atoms with Gasteiger partial charge in [0.2, 0.25) is 0 Å². The number of carboxylic acids is 1. The van der Waals surface area contributed by atoms with Gasteiger partial charge in [0.1, 0.15) is 5.82 Å². The maximum absolute atomic E-state index is 13.3. The zero-order valence-corrected chi connectivity index (χ0v) is 17.8. The van der Waals surface area contributed by atoms with Gasteiger partial charge in [0.25, 0.3) is 0 Å². The van der Waals surface area contributed by atoms with Gasteiger partial charge in [-0.1, -0.05) is 54.6 Å². The van der Waals surface area contributed by atoms with E-state index in [2.05, 4.69) is 48.7 Å². The van der Waals surface area contributed by atoms with Crippen LogP contribution in [-0.4, -0.2) is 24.2 Å². The molecule has 0 radical (unpaired) electrons. The molecule has 5 heteroatoms. The number of benzene rings is 3. The molecule has 4 rings (SSSR count). The number of carboxylic acid groups (broad SMARTS) is 1. The number of rotatable bonds is 9. The lowest BCUT2D eigenvalue weighted by Gasteiger charge is -2.38. The summed E-state index contributed by atoms with van der Waals surface area (Å²) < 4.78 is 13.3. The summed E-state index contributed by atoms with van der Waals surface area (Å²) in [6, 6.07) is 21.2. The summed E-state index contributed by atoms with van der Waals surface area (Å²) in [4.78, 5) is 10.9. The van der Waals surface area contributed by atoms with Crippen molar-refractivity contribution >= 4 is 5.97 Å². The quantitative estimate of drug-likeness (QED) is 0.474. The molecule has 3 aromatic carbocycles. The average Bonchev–Trinajstić information content (AvgIpc) is 2.76. The first-order chi connectivity index (χ1) is 14.9. The topological polar surface area (TPSA) is 61.4 Å². The Balaban J connectivity index is 1.59. The molecule has 2 bridgehead atoms. The Kier molecular flexibility index (Phi) is 5.90. The lowest BCUT2D eigenvalue weighted by atomic mass is 9.70. The van der Waals surface area contributed by atoms with E-state index in [0.717, 1.165) is 11.1 Å². The highest BCUT2D eigenvalue weighted by Gasteiger charge is 2.34. The molecule has 0 spiro atoms. The molecule has 0 fully saturated rings. The van der Waals surface area contributed by atoms with E-state index in [-0.39, 0.29) is 23.8 Å². The lowest BCUT2D eigenvalue weighted by Crippen LogP contribution is -2.39. The smallest absolute Gasteiger partial charge is 0.317 e. The minimum absolute atomic E-state index is 0.0490. The van der Waals surface area contributed by atoms with Crippen molar-refractivity contribution in [2.45, 2.75) is 31.8 Å². The van der Waals surface area contributed by atoms with E-state index >= 15 is 0 Å². The molecule has 0 saturated heterocycles. The normalized spacial score (nSPS) is 14.9. The zero-order valence-electron chi connectivity index (χ0n) is 17.8. The summed E-state index contributed by atoms with van der Waals surface area (Å²) >= 11 is 0. The summed E-state index contributed by atoms with van der Waals surface area (Å²) in [5.41, 5.74) is 6.83. The van der Waals surface area contributed by atoms with Crippen molar-refractivity contribution in [1.82, 2.24) is 10.6 Å². The third-order valence-electron chi connectivity index (χ3n) is 6.10. The Hall–Kier alpha value is -3.02. The van der Waals surface area contributed by atoms with Gasteiger partial charge in [0.05, 0.1) is 6.54 Å². The SMILES string of the molecule is CC(C)(NCc1c2ccc(-c3ccccc3)c1C2CNCC(=O)O)c1ccc(F)cc1. The Morgan fingerprint density at radius 2 is 1.74 bits per heavy atom. The van der Waals surface area contributed by atoms with Crippen molar-refractivity contribution in [3.8, 4) is 11.1 Å². The number of hydrogen-bond acceptors (Lipinski definition) is 3. The molecule has 1 unspecified atom stereocenters. The minimum Gasteiger partial charge on any atom is -0.480 e. The first-order valence-electron chi connectivity index (χ1n) is 10.5. The van der Waals surface area contributed by atoms with E-state index in [1.807, 2.05) is 30.3 Å². The van der Waals surface area contributed by atoms with Crippen molar-refractivity contribution in [3.63, 3.8) is 0 Å². The Labute approximate surface area is 182 Å². The number of fused-ring (bicyclic) bond motifs is 2. The van der Waals surface area contributed by atoms with Crippen LogP contribution in [0.25, 0.3) is 11.1 Å². The highest BCUT2D eigenvalue weighted by molar-refractivity contribution is 5.76. The Morgan fingerprint density at radius 1 is 1.03 bits per heavy atom. The zero-order chi connectivity index (χ0) is 22.0. The van der Waals surface area contributed by atoms with Crippen LogP contribution in [0.2, 0.25) is 0 Å². The first-order valence-corrected chi connectivity index (χ1v) is 10.5. The predicted molar refractivity (Wildman–Crippen MR) is 120 cm³/mol. The second-order valence-electron chi connectivity index (χ2n) is 8.52. The van der Waals surface area contributed by atoms with Crippen LogP contribution < -0.4 is 10.6 Å². The molecule has 160 valence electrons. The van der Waals surface area contributed by atoms with Gasteiger partial charge in [0.15, 0.2) is 0 Å². The maximum Gasteiger partial charge on any atom is 0.317 e. The standard InChI is InChI=1S/C26H27FN2O2/c1-26(2,18-8-10-19(27)11-9-18)29-15-23-21-13-12-20(17-6-4-3-5-7-17)25(23)22(21)14-28-16-24(30)31/h3-13,22,28-29H,14-16H2,1-2H3,(H,30,31). The third kappa shape index (κ3) is 4.38. The summed E-state index contributed by atoms with van der Waals surface area (Å²) in [6.45, 7) is 5.42. The minimum atomic E-state index is -0.853. The monoisotopic (exact) mass is 418 g/mol. The second kappa shape index (κ2) is 8.61. The number of aliphatic carboxylic acids is 1. The van der Waals surface area contributed by atoms with Gasteiger partial charge in [-0.15, -0.1) is 0 Å². The first kappa shape index (κ1) is 21.2. The van der Waals surface area contributed by atoms with Crippen molar-refractivity contribution in [2.24, 2.45) is 0 Å². The van der Waals surface area contributed by atoms with Gasteiger partial charge in [-0.3, -0.25) is 4.79 Å². The van der Waals surface area contributed by atoms with E-state index in [0.29, 0.717) is 13.1 Å². The van der Waals surface area contributed by atoms with Gasteiger partial charge in [-0.2, -0.15) is 0 Å². The molecule has 3 aromatic rings. The van der Waals surface area contributed by atoms with Crippen LogP contribution in [0.3, 0.4) is 0 Å². The molecule has 1 aliphatic carbocycles. The molecule has 0 heterocycles. The van der Waals surface area contributed by atoms with E-state index in [1.54, 1.807) is 0 Å². The average molecular weight is 419 g/mol. The number of carbonyl (C=O) groups is 1. The van der Waals surface area contributed by atoms with Gasteiger partial charge >= 0.3 is 5.97 Å². The van der Waals surface area contributed by atoms with E-state index in [4.69, 9.17) is 5.11 Å². The summed E-state index contributed by atoms with van der Waals surface area (Å²) in [6.07, 6.45) is 0. The Morgan fingerprint density at radius 3 is 2.42 bits per heavy atom. The maximum atomic E-state index is 13.3. The third-order valence-corrected chi connectivity index (χ3v) is 6.10. The Bertz CT molecular complexity index is 1080. The summed E-state index contributed by atoms with van der Waals surface area (Å²) in [7, 11) is 0. The number of halogens is 1. The van der Waals surface area contributed by atoms with Gasteiger partial charge in [-0.25, -0.2) is 4.39 Å².